The van der Waals surface area contributed by atoms with E-state index in [0.29, 0.717) is 24.3 Å². The normalized spacial score (nSPS) is 12.4. The van der Waals surface area contributed by atoms with Crippen LogP contribution in [0.2, 0.25) is 0 Å². The van der Waals surface area contributed by atoms with Gasteiger partial charge in [-0.05, 0) is 61.9 Å². The van der Waals surface area contributed by atoms with E-state index in [1.165, 1.54) is 36.4 Å². The lowest BCUT2D eigenvalue weighted by Crippen LogP contribution is -2.33. The van der Waals surface area contributed by atoms with E-state index in [-0.39, 0.29) is 16.8 Å². The number of halogens is 1. The molecule has 0 aliphatic heterocycles. The Bertz CT molecular complexity index is 836. The zero-order valence-corrected chi connectivity index (χ0v) is 15.3. The lowest BCUT2D eigenvalue weighted by Gasteiger charge is -2.13. The Morgan fingerprint density at radius 3 is 2.31 bits per heavy atom. The molecule has 0 aromatic heterocycles. The predicted molar refractivity (Wildman–Crippen MR) is 97.1 cm³/mol. The molecule has 0 saturated carbocycles. The first-order valence-corrected chi connectivity index (χ1v) is 9.48. The maximum absolute atomic E-state index is 12.9. The fraction of sp³-hybridized carbons (Fsp3) is 0.278. The van der Waals surface area contributed by atoms with Gasteiger partial charge in [-0.15, -0.1) is 0 Å². The number of rotatable bonds is 8. The second kappa shape index (κ2) is 8.77. The van der Waals surface area contributed by atoms with Crippen molar-refractivity contribution in [3.05, 3.63) is 59.9 Å². The minimum absolute atomic E-state index is 0.0425. The summed E-state index contributed by atoms with van der Waals surface area (Å²) in [4.78, 5) is 12.1. The Morgan fingerprint density at radius 2 is 1.73 bits per heavy atom. The molecule has 1 amide bonds. The van der Waals surface area contributed by atoms with Crippen LogP contribution in [0.3, 0.4) is 0 Å². The second-order valence-electron chi connectivity index (χ2n) is 5.79. The number of sulfonamides is 1. The van der Waals surface area contributed by atoms with E-state index in [9.17, 15) is 17.6 Å². The zero-order chi connectivity index (χ0) is 19.2. The number of anilines is 1. The Morgan fingerprint density at radius 1 is 1.12 bits per heavy atom. The van der Waals surface area contributed by atoms with Gasteiger partial charge in [-0.2, -0.15) is 0 Å². The molecule has 8 heteroatoms. The van der Waals surface area contributed by atoms with Gasteiger partial charge >= 0.3 is 0 Å². The molecule has 2 rings (SSSR count). The van der Waals surface area contributed by atoms with E-state index >= 15 is 0 Å². The summed E-state index contributed by atoms with van der Waals surface area (Å²) in [6.07, 6.45) is 0.692. The van der Waals surface area contributed by atoms with Crippen LogP contribution in [0, 0.1) is 5.82 Å². The van der Waals surface area contributed by atoms with E-state index in [1.54, 1.807) is 7.11 Å². The van der Waals surface area contributed by atoms with Crippen LogP contribution >= 0.6 is 0 Å². The van der Waals surface area contributed by atoms with Gasteiger partial charge in [-0.1, -0.05) is 0 Å². The average molecular weight is 380 g/mol. The molecule has 26 heavy (non-hydrogen) atoms. The first-order chi connectivity index (χ1) is 12.3. The molecule has 0 heterocycles. The van der Waals surface area contributed by atoms with Crippen molar-refractivity contribution in [2.45, 2.75) is 24.3 Å². The highest BCUT2D eigenvalue weighted by Gasteiger charge is 2.15. The lowest BCUT2D eigenvalue weighted by molar-refractivity contribution is 0.0929. The molecular weight excluding hydrogens is 359 g/mol. The fourth-order valence-electron chi connectivity index (χ4n) is 2.19. The molecule has 0 saturated heterocycles. The molecular formula is C18H21FN2O4S. The Balaban J connectivity index is 2.02. The number of hydrogen-bond acceptors (Lipinski definition) is 4. The molecule has 1 atom stereocenters. The van der Waals surface area contributed by atoms with Gasteiger partial charge in [0.25, 0.3) is 15.9 Å². The van der Waals surface area contributed by atoms with Crippen LogP contribution in [0.15, 0.2) is 53.4 Å². The molecule has 0 bridgehead atoms. The molecule has 140 valence electrons. The Kier molecular flexibility index (Phi) is 6.70. The van der Waals surface area contributed by atoms with Gasteiger partial charge in [-0.3, -0.25) is 9.52 Å². The average Bonchev–Trinajstić information content (AvgIpc) is 2.60. The minimum Gasteiger partial charge on any atom is -0.385 e. The van der Waals surface area contributed by atoms with Crippen LogP contribution in [0.4, 0.5) is 10.1 Å². The molecule has 0 aliphatic carbocycles. The van der Waals surface area contributed by atoms with Gasteiger partial charge in [-0.25, -0.2) is 12.8 Å². The van der Waals surface area contributed by atoms with E-state index in [0.717, 1.165) is 12.1 Å². The summed E-state index contributed by atoms with van der Waals surface area (Å²) >= 11 is 0. The predicted octanol–water partition coefficient (Wildman–Crippen LogP) is 2.78. The largest absolute Gasteiger partial charge is 0.385 e. The summed E-state index contributed by atoms with van der Waals surface area (Å²) in [5.74, 6) is -0.763. The minimum atomic E-state index is -3.82. The second-order valence-corrected chi connectivity index (χ2v) is 7.48. The van der Waals surface area contributed by atoms with Crippen molar-refractivity contribution in [1.82, 2.24) is 5.32 Å². The van der Waals surface area contributed by atoms with Gasteiger partial charge in [0.1, 0.15) is 5.82 Å². The highest BCUT2D eigenvalue weighted by molar-refractivity contribution is 7.92. The summed E-state index contributed by atoms with van der Waals surface area (Å²) in [6, 6.07) is 10.5. The third kappa shape index (κ3) is 5.53. The monoisotopic (exact) mass is 380 g/mol. The lowest BCUT2D eigenvalue weighted by atomic mass is 10.1. The number of carbonyl (C=O) groups excluding carboxylic acids is 1. The number of nitrogens with one attached hydrogen (secondary N) is 2. The number of carbonyl (C=O) groups is 1. The smallest absolute Gasteiger partial charge is 0.261 e. The van der Waals surface area contributed by atoms with Gasteiger partial charge in [0.05, 0.1) is 4.90 Å². The maximum Gasteiger partial charge on any atom is 0.261 e. The topological polar surface area (TPSA) is 84.5 Å². The summed E-state index contributed by atoms with van der Waals surface area (Å²) in [5.41, 5.74) is 0.720. The summed E-state index contributed by atoms with van der Waals surface area (Å²) in [7, 11) is -2.23. The first-order valence-electron chi connectivity index (χ1n) is 8.00. The summed E-state index contributed by atoms with van der Waals surface area (Å²) in [5, 5.41) is 2.84. The van der Waals surface area contributed by atoms with Crippen molar-refractivity contribution in [3.63, 3.8) is 0 Å². The van der Waals surface area contributed by atoms with Crippen molar-refractivity contribution in [3.8, 4) is 0 Å². The van der Waals surface area contributed by atoms with E-state index in [1.807, 2.05) is 6.92 Å². The molecule has 1 unspecified atom stereocenters. The van der Waals surface area contributed by atoms with Crippen molar-refractivity contribution in [2.75, 3.05) is 18.4 Å². The van der Waals surface area contributed by atoms with Gasteiger partial charge in [0.15, 0.2) is 0 Å². The number of ether oxygens (including phenoxy) is 1. The molecule has 0 aliphatic rings. The van der Waals surface area contributed by atoms with Crippen molar-refractivity contribution >= 4 is 21.6 Å². The zero-order valence-electron chi connectivity index (χ0n) is 14.5. The highest BCUT2D eigenvalue weighted by atomic mass is 32.2. The van der Waals surface area contributed by atoms with Crippen molar-refractivity contribution in [1.29, 1.82) is 0 Å². The van der Waals surface area contributed by atoms with Crippen LogP contribution in [0.1, 0.15) is 23.7 Å². The van der Waals surface area contributed by atoms with Crippen LogP contribution in [0.25, 0.3) is 0 Å². The molecule has 0 radical (unpaired) electrons. The van der Waals surface area contributed by atoms with Gasteiger partial charge in [0.2, 0.25) is 0 Å². The highest BCUT2D eigenvalue weighted by Crippen LogP contribution is 2.17. The molecule has 2 aromatic carbocycles. The van der Waals surface area contributed by atoms with E-state index in [4.69, 9.17) is 4.74 Å². The molecule has 0 fully saturated rings. The van der Waals surface area contributed by atoms with Crippen LogP contribution in [-0.4, -0.2) is 34.1 Å². The quantitative estimate of drug-likeness (QED) is 0.738. The molecule has 0 spiro atoms. The van der Waals surface area contributed by atoms with Gasteiger partial charge in [0, 0.05) is 31.0 Å². The van der Waals surface area contributed by atoms with Crippen LogP contribution in [0.5, 0.6) is 0 Å². The van der Waals surface area contributed by atoms with Gasteiger partial charge < -0.3 is 10.1 Å². The molecule has 6 nitrogen and oxygen atoms in total. The Labute approximate surface area is 152 Å². The number of amides is 1. The number of hydrogen-bond donors (Lipinski definition) is 2. The fourth-order valence-corrected chi connectivity index (χ4v) is 3.25. The van der Waals surface area contributed by atoms with E-state index < -0.39 is 15.8 Å². The number of benzene rings is 2. The number of methoxy groups -OCH3 is 1. The van der Waals surface area contributed by atoms with Crippen molar-refractivity contribution < 1.29 is 22.3 Å². The summed E-state index contributed by atoms with van der Waals surface area (Å²) < 4.78 is 44.8. The van der Waals surface area contributed by atoms with Crippen LogP contribution < -0.4 is 10.0 Å². The third-order valence-electron chi connectivity index (χ3n) is 3.66. The van der Waals surface area contributed by atoms with Crippen molar-refractivity contribution in [2.24, 2.45) is 0 Å². The molecule has 2 N–H and O–H groups in total. The standard InChI is InChI=1S/C18H21FN2O4S/c1-13(11-12-25-2)20-18(22)14-3-7-16(8-4-14)21-26(23,24)17-9-5-15(19)6-10-17/h3-10,13,21H,11-12H2,1-2H3,(H,20,22). The maximum atomic E-state index is 12.9. The first kappa shape index (κ1) is 19.9. The van der Waals surface area contributed by atoms with E-state index in [2.05, 4.69) is 10.0 Å². The summed E-state index contributed by atoms with van der Waals surface area (Å²) in [6.45, 7) is 2.42. The molecule has 2 aromatic rings. The third-order valence-corrected chi connectivity index (χ3v) is 5.05. The SMILES string of the molecule is COCCC(C)NC(=O)c1ccc(NS(=O)(=O)c2ccc(F)cc2)cc1. The van der Waals surface area contributed by atoms with Crippen LogP contribution in [-0.2, 0) is 14.8 Å². The Hall–Kier alpha value is -2.45.